The molecule has 3 atom stereocenters. The molecule has 20 heteroatoms. The first kappa shape index (κ1) is 41.0. The summed E-state index contributed by atoms with van der Waals surface area (Å²) >= 11 is 0. The smallest absolute Gasteiger partial charge is 0.408 e. The van der Waals surface area contributed by atoms with Crippen molar-refractivity contribution in [1.82, 2.24) is 15.5 Å². The van der Waals surface area contributed by atoms with Crippen LogP contribution >= 0.6 is 0 Å². The van der Waals surface area contributed by atoms with Crippen molar-refractivity contribution < 1.29 is 53.2 Å². The topological polar surface area (TPSA) is 257 Å². The van der Waals surface area contributed by atoms with E-state index >= 15 is 0 Å². The Bertz CT molecular complexity index is 1170. The highest BCUT2D eigenvalue weighted by Gasteiger charge is 2.39. The minimum atomic E-state index is -1.05. The number of esters is 1. The van der Waals surface area contributed by atoms with Crippen LogP contribution in [0.3, 0.4) is 0 Å². The van der Waals surface area contributed by atoms with Gasteiger partial charge in [0.05, 0.1) is 25.3 Å². The molecule has 48 heavy (non-hydrogen) atoms. The molecule has 0 aliphatic carbocycles. The fourth-order valence-electron chi connectivity index (χ4n) is 4.47. The summed E-state index contributed by atoms with van der Waals surface area (Å²) in [7, 11) is 1.33. The standard InChI is InChI=1S/C25H36N4O9.C3H6N2O5/c1-2-3-10-21(26-20(23(30)27-33)13-12-19-8-5-4-6-9-19)24(31)28-14-7-11-22(28)25(32)37-17-15-36-16-18-38-29(34)35;1-4-3(6)9-2-10-5(7)8/h4-6,8-9,20-22,26H,2-3,7,10-18H2,1H3;2H2,1H3,(H,4,6). The maximum atomic E-state index is 13.5. The first-order chi connectivity index (χ1) is 23.0. The fourth-order valence-corrected chi connectivity index (χ4v) is 4.47. The molecule has 0 bridgehead atoms. The lowest BCUT2D eigenvalue weighted by atomic mass is 10.0. The first-order valence-electron chi connectivity index (χ1n) is 15.1. The summed E-state index contributed by atoms with van der Waals surface area (Å²) in [6.07, 6.45) is 3.05. The SMILES string of the molecule is CCCCC(NC(CCc1ccccc1)C(=O)N=O)C(=O)N1CCCC1C(=O)OCCOCCO[N+](=O)[O-].CNC(=O)OCO[N+](=O)[O-]. The number of benzene rings is 1. The number of hydrogen-bond donors (Lipinski definition) is 2. The van der Waals surface area contributed by atoms with Crippen LogP contribution in [0.1, 0.15) is 51.0 Å². The molecule has 2 N–H and O–H groups in total. The monoisotopic (exact) mass is 686 g/mol. The van der Waals surface area contributed by atoms with Crippen molar-refractivity contribution in [3.05, 3.63) is 61.0 Å². The Labute approximate surface area is 275 Å². The number of unbranched alkanes of at least 4 members (excludes halogenated alkanes) is 1. The number of aryl methyl sites for hydroxylation is 1. The number of carbonyl (C=O) groups excluding carboxylic acids is 4. The van der Waals surface area contributed by atoms with Gasteiger partial charge in [0.25, 0.3) is 10.2 Å². The van der Waals surface area contributed by atoms with E-state index in [2.05, 4.69) is 30.2 Å². The number of likely N-dealkylation sites (tertiary alicyclic amines) is 1. The predicted molar refractivity (Wildman–Crippen MR) is 164 cm³/mol. The van der Waals surface area contributed by atoms with Gasteiger partial charge < -0.3 is 29.3 Å². The number of rotatable bonds is 21. The van der Waals surface area contributed by atoms with E-state index in [0.29, 0.717) is 45.1 Å². The number of nitrogens with zero attached hydrogens (tertiary/aromatic N) is 4. The van der Waals surface area contributed by atoms with Gasteiger partial charge in [0.1, 0.15) is 19.3 Å². The van der Waals surface area contributed by atoms with Crippen molar-refractivity contribution in [2.45, 2.75) is 70.0 Å². The van der Waals surface area contributed by atoms with E-state index in [4.69, 9.17) is 9.47 Å². The van der Waals surface area contributed by atoms with Gasteiger partial charge in [0.15, 0.2) is 0 Å². The molecule has 2 rings (SSSR count). The van der Waals surface area contributed by atoms with Crippen LogP contribution in [0.5, 0.6) is 0 Å². The third-order valence-corrected chi connectivity index (χ3v) is 6.76. The first-order valence-corrected chi connectivity index (χ1v) is 15.1. The van der Waals surface area contributed by atoms with Gasteiger partial charge in [-0.25, -0.2) is 9.59 Å². The molecule has 1 fully saturated rings. The average molecular weight is 687 g/mol. The number of nitroso groups, excluding NO2 is 1. The molecule has 0 radical (unpaired) electrons. The number of hydrogen-bond acceptors (Lipinski definition) is 15. The van der Waals surface area contributed by atoms with Crippen molar-refractivity contribution in [1.29, 1.82) is 0 Å². The molecular weight excluding hydrogens is 644 g/mol. The summed E-state index contributed by atoms with van der Waals surface area (Å²) in [5, 5.41) is 25.3. The maximum absolute atomic E-state index is 13.5. The summed E-state index contributed by atoms with van der Waals surface area (Å²) in [5.74, 6) is -1.76. The molecule has 1 heterocycles. The van der Waals surface area contributed by atoms with Crippen LogP contribution in [-0.2, 0) is 44.7 Å². The highest BCUT2D eigenvalue weighted by Crippen LogP contribution is 2.21. The summed E-state index contributed by atoms with van der Waals surface area (Å²) in [4.78, 5) is 88.6. The third-order valence-electron chi connectivity index (χ3n) is 6.76. The summed E-state index contributed by atoms with van der Waals surface area (Å²) in [5.41, 5.74) is 0.992. The van der Waals surface area contributed by atoms with E-state index in [0.717, 1.165) is 12.0 Å². The van der Waals surface area contributed by atoms with Crippen molar-refractivity contribution in [2.24, 2.45) is 5.18 Å². The maximum Gasteiger partial charge on any atom is 0.408 e. The molecule has 3 amide bonds. The molecule has 268 valence electrons. The quantitative estimate of drug-likeness (QED) is 0.0466. The number of alkyl carbamates (subject to hydrolysis) is 1. The minimum Gasteiger partial charge on any atom is -0.462 e. The number of carbonyl (C=O) groups is 4. The number of amides is 3. The zero-order valence-corrected chi connectivity index (χ0v) is 26.8. The Hall–Kier alpha value is -4.98. The van der Waals surface area contributed by atoms with Crippen LogP contribution in [0.15, 0.2) is 35.5 Å². The largest absolute Gasteiger partial charge is 0.462 e. The van der Waals surface area contributed by atoms with E-state index in [1.54, 1.807) is 0 Å². The Morgan fingerprint density at radius 3 is 2.29 bits per heavy atom. The second-order valence-electron chi connectivity index (χ2n) is 10.0. The molecule has 1 aromatic rings. The van der Waals surface area contributed by atoms with Crippen LogP contribution in [0.2, 0.25) is 0 Å². The van der Waals surface area contributed by atoms with Crippen molar-refractivity contribution >= 4 is 23.9 Å². The van der Waals surface area contributed by atoms with E-state index in [9.17, 15) is 44.3 Å². The van der Waals surface area contributed by atoms with Crippen LogP contribution in [0.25, 0.3) is 0 Å². The minimum absolute atomic E-state index is 0.0259. The van der Waals surface area contributed by atoms with Crippen molar-refractivity contribution in [3.63, 3.8) is 0 Å². The molecule has 0 aromatic heterocycles. The van der Waals surface area contributed by atoms with E-state index in [-0.39, 0.29) is 32.3 Å². The van der Waals surface area contributed by atoms with Crippen LogP contribution < -0.4 is 10.6 Å². The summed E-state index contributed by atoms with van der Waals surface area (Å²) in [6.45, 7) is 1.35. The summed E-state index contributed by atoms with van der Waals surface area (Å²) < 4.78 is 14.5. The third kappa shape index (κ3) is 17.1. The Kier molecular flexibility index (Phi) is 20.7. The highest BCUT2D eigenvalue weighted by molar-refractivity contribution is 5.89. The second kappa shape index (κ2) is 24.2. The molecule has 1 saturated heterocycles. The molecule has 0 spiro atoms. The van der Waals surface area contributed by atoms with Gasteiger partial charge >= 0.3 is 18.0 Å². The summed E-state index contributed by atoms with van der Waals surface area (Å²) in [6, 6.07) is 7.03. The molecule has 20 nitrogen and oxygen atoms in total. The lowest BCUT2D eigenvalue weighted by molar-refractivity contribution is -0.765. The lowest BCUT2D eigenvalue weighted by Gasteiger charge is -2.30. The zero-order chi connectivity index (χ0) is 35.7. The number of ether oxygens (including phenoxy) is 3. The Balaban J connectivity index is 0.000000993. The molecule has 1 aliphatic rings. The molecule has 0 saturated carbocycles. The Morgan fingerprint density at radius 2 is 1.67 bits per heavy atom. The molecule has 1 aliphatic heterocycles. The predicted octanol–water partition coefficient (Wildman–Crippen LogP) is 1.70. The lowest BCUT2D eigenvalue weighted by Crippen LogP contribution is -2.54. The van der Waals surface area contributed by atoms with Gasteiger partial charge in [-0.1, -0.05) is 50.1 Å². The Morgan fingerprint density at radius 1 is 0.979 bits per heavy atom. The van der Waals surface area contributed by atoms with Gasteiger partial charge in [0, 0.05) is 18.8 Å². The van der Waals surface area contributed by atoms with Crippen molar-refractivity contribution in [2.75, 3.05) is 46.8 Å². The molecule has 1 aromatic carbocycles. The normalized spacial score (nSPS) is 14.7. The van der Waals surface area contributed by atoms with Gasteiger partial charge in [-0.2, -0.15) is 0 Å². The van der Waals surface area contributed by atoms with Crippen LogP contribution in [0, 0.1) is 25.1 Å². The highest BCUT2D eigenvalue weighted by atomic mass is 17.0. The van der Waals surface area contributed by atoms with E-state index in [1.165, 1.54) is 11.9 Å². The van der Waals surface area contributed by atoms with Crippen molar-refractivity contribution in [3.8, 4) is 0 Å². The van der Waals surface area contributed by atoms with E-state index < -0.39 is 53.1 Å². The fraction of sp³-hybridized carbons (Fsp3) is 0.643. The molecule has 3 unspecified atom stereocenters. The average Bonchev–Trinajstić information content (AvgIpc) is 3.57. The van der Waals surface area contributed by atoms with Gasteiger partial charge in [-0.15, -0.1) is 25.1 Å². The van der Waals surface area contributed by atoms with Crippen LogP contribution in [0.4, 0.5) is 4.79 Å². The van der Waals surface area contributed by atoms with E-state index in [1.807, 2.05) is 37.3 Å². The van der Waals surface area contributed by atoms with Gasteiger partial charge in [-0.05, 0) is 37.7 Å². The number of nitrogens with one attached hydrogen (secondary N) is 2. The molecular formula is C28H42N6O14. The van der Waals surface area contributed by atoms with Crippen LogP contribution in [-0.4, -0.2) is 104 Å². The van der Waals surface area contributed by atoms with Gasteiger partial charge in [0.2, 0.25) is 12.7 Å². The van der Waals surface area contributed by atoms with Gasteiger partial charge in [-0.3, -0.25) is 19.7 Å². The second-order valence-corrected chi connectivity index (χ2v) is 10.0. The zero-order valence-electron chi connectivity index (χ0n) is 26.8.